The van der Waals surface area contributed by atoms with Gasteiger partial charge in [-0.25, -0.2) is 0 Å². The number of allylic oxidation sites excluding steroid dienone is 1. The van der Waals surface area contributed by atoms with Gasteiger partial charge in [0.1, 0.15) is 0 Å². The van der Waals surface area contributed by atoms with Gasteiger partial charge in [-0.2, -0.15) is 0 Å². The molecule has 3 aliphatic carbocycles. The Bertz CT molecular complexity index is 612. The zero-order valence-corrected chi connectivity index (χ0v) is 16.4. The van der Waals surface area contributed by atoms with Crippen LogP contribution in [0, 0.1) is 28.6 Å². The van der Waals surface area contributed by atoms with Crippen LogP contribution in [-0.2, 0) is 19.1 Å². The molecule has 2 saturated carbocycles. The van der Waals surface area contributed by atoms with E-state index in [9.17, 15) is 14.7 Å². The molecule has 5 heteroatoms. The number of fused-ring (bicyclic) bond motifs is 3. The first-order valence-corrected chi connectivity index (χ1v) is 9.79. The Kier molecular flexibility index (Phi) is 5.22. The van der Waals surface area contributed by atoms with Crippen LogP contribution in [0.2, 0.25) is 0 Å². The molecule has 0 aromatic carbocycles. The van der Waals surface area contributed by atoms with E-state index >= 15 is 0 Å². The lowest BCUT2D eigenvalue weighted by Crippen LogP contribution is -2.53. The Labute approximate surface area is 156 Å². The average molecular weight is 364 g/mol. The van der Waals surface area contributed by atoms with Crippen LogP contribution >= 0.6 is 0 Å². The molecule has 0 bridgehead atoms. The molecule has 5 nitrogen and oxygen atoms in total. The van der Waals surface area contributed by atoms with Crippen LogP contribution in [0.5, 0.6) is 0 Å². The zero-order valence-electron chi connectivity index (χ0n) is 16.4. The molecule has 1 N–H and O–H groups in total. The average Bonchev–Trinajstić information content (AvgIpc) is 2.63. The third kappa shape index (κ3) is 2.98. The number of rotatable bonds is 3. The molecule has 3 aliphatic rings. The molecule has 0 unspecified atom stereocenters. The van der Waals surface area contributed by atoms with E-state index in [-0.39, 0.29) is 41.7 Å². The highest BCUT2D eigenvalue weighted by Gasteiger charge is 2.57. The van der Waals surface area contributed by atoms with Gasteiger partial charge < -0.3 is 14.6 Å². The molecule has 0 aromatic rings. The first-order valence-electron chi connectivity index (χ1n) is 9.79. The lowest BCUT2D eigenvalue weighted by Gasteiger charge is -2.57. The molecule has 0 spiro atoms. The highest BCUT2D eigenvalue weighted by atomic mass is 16.5. The first-order chi connectivity index (χ1) is 12.3. The topological polar surface area (TPSA) is 72.8 Å². The molecule has 0 radical (unpaired) electrons. The van der Waals surface area contributed by atoms with Crippen LogP contribution in [0.4, 0.5) is 0 Å². The number of methoxy groups -OCH3 is 2. The molecule has 0 amide bonds. The molecule has 6 atom stereocenters. The van der Waals surface area contributed by atoms with Gasteiger partial charge in [-0.05, 0) is 68.6 Å². The smallest absolute Gasteiger partial charge is 0.311 e. The zero-order chi connectivity index (χ0) is 19.1. The van der Waals surface area contributed by atoms with E-state index in [1.807, 2.05) is 6.92 Å². The van der Waals surface area contributed by atoms with Gasteiger partial charge in [0.15, 0.2) is 0 Å². The van der Waals surface area contributed by atoms with Gasteiger partial charge in [0.25, 0.3) is 0 Å². The summed E-state index contributed by atoms with van der Waals surface area (Å²) in [5.41, 5.74) is 0.782. The van der Waals surface area contributed by atoms with Crippen molar-refractivity contribution in [3.63, 3.8) is 0 Å². The minimum Gasteiger partial charge on any atom is -0.469 e. The van der Waals surface area contributed by atoms with Crippen LogP contribution in [0.25, 0.3) is 0 Å². The monoisotopic (exact) mass is 364 g/mol. The van der Waals surface area contributed by atoms with Crippen molar-refractivity contribution in [3.05, 3.63) is 11.6 Å². The van der Waals surface area contributed by atoms with Crippen LogP contribution < -0.4 is 0 Å². The second-order valence-corrected chi connectivity index (χ2v) is 8.88. The largest absolute Gasteiger partial charge is 0.469 e. The highest BCUT2D eigenvalue weighted by Crippen LogP contribution is 2.62. The predicted octanol–water partition coefficient (Wildman–Crippen LogP) is 3.25. The van der Waals surface area contributed by atoms with Gasteiger partial charge in [0.05, 0.1) is 25.7 Å². The lowest BCUT2D eigenvalue weighted by molar-refractivity contribution is -0.167. The van der Waals surface area contributed by atoms with Crippen molar-refractivity contribution in [3.8, 4) is 0 Å². The van der Waals surface area contributed by atoms with Gasteiger partial charge in [0.2, 0.25) is 0 Å². The van der Waals surface area contributed by atoms with E-state index in [0.717, 1.165) is 38.5 Å². The minimum absolute atomic E-state index is 0.0635. The second kappa shape index (κ2) is 6.99. The van der Waals surface area contributed by atoms with Gasteiger partial charge in [-0.1, -0.05) is 18.6 Å². The molecule has 2 fully saturated rings. The molecule has 26 heavy (non-hydrogen) atoms. The standard InChI is InChI=1S/C21H32O5/c1-20-9-7-14(22)11-13(20)5-6-15-16(20)8-10-21(2,19(24)26-4)17(15)12-18(23)25-3/h5,14-17,22H,6-12H2,1-4H3/t14-,15-,16-,17-,20-,21+/m1/s1. The summed E-state index contributed by atoms with van der Waals surface area (Å²) < 4.78 is 10.1. The Hall–Kier alpha value is -1.36. The third-order valence-corrected chi connectivity index (χ3v) is 7.73. The van der Waals surface area contributed by atoms with E-state index in [1.165, 1.54) is 19.8 Å². The molecule has 0 heterocycles. The highest BCUT2D eigenvalue weighted by molar-refractivity contribution is 5.78. The fraction of sp³-hybridized carbons (Fsp3) is 0.810. The quantitative estimate of drug-likeness (QED) is 0.615. The molecular weight excluding hydrogens is 332 g/mol. The van der Waals surface area contributed by atoms with Crippen molar-refractivity contribution in [2.75, 3.05) is 14.2 Å². The minimum atomic E-state index is -0.653. The Morgan fingerprint density at radius 2 is 1.92 bits per heavy atom. The van der Waals surface area contributed by atoms with Crippen molar-refractivity contribution in [1.29, 1.82) is 0 Å². The van der Waals surface area contributed by atoms with Gasteiger partial charge in [-0.15, -0.1) is 0 Å². The molecule has 0 aliphatic heterocycles. The summed E-state index contributed by atoms with van der Waals surface area (Å²) in [6.07, 6.45) is 7.40. The van der Waals surface area contributed by atoms with Crippen molar-refractivity contribution >= 4 is 11.9 Å². The van der Waals surface area contributed by atoms with Gasteiger partial charge >= 0.3 is 11.9 Å². The number of esters is 2. The summed E-state index contributed by atoms with van der Waals surface area (Å²) in [7, 11) is 2.83. The summed E-state index contributed by atoms with van der Waals surface area (Å²) in [5.74, 6) is 0.134. The maximum Gasteiger partial charge on any atom is 0.311 e. The van der Waals surface area contributed by atoms with E-state index in [1.54, 1.807) is 0 Å². The predicted molar refractivity (Wildman–Crippen MR) is 97.1 cm³/mol. The van der Waals surface area contributed by atoms with Crippen molar-refractivity contribution in [2.45, 2.75) is 64.9 Å². The van der Waals surface area contributed by atoms with Crippen LogP contribution in [0.15, 0.2) is 11.6 Å². The third-order valence-electron chi connectivity index (χ3n) is 7.73. The van der Waals surface area contributed by atoms with Crippen LogP contribution in [0.3, 0.4) is 0 Å². The van der Waals surface area contributed by atoms with E-state index in [2.05, 4.69) is 13.0 Å². The Balaban J connectivity index is 1.97. The van der Waals surface area contributed by atoms with Gasteiger partial charge in [-0.3, -0.25) is 9.59 Å². The van der Waals surface area contributed by atoms with Gasteiger partial charge in [0, 0.05) is 6.42 Å². The molecule has 3 rings (SSSR count). The number of ether oxygens (including phenoxy) is 2. The second-order valence-electron chi connectivity index (χ2n) is 8.88. The number of carbonyl (C=O) groups is 2. The van der Waals surface area contributed by atoms with Crippen LogP contribution in [-0.4, -0.2) is 37.4 Å². The fourth-order valence-corrected chi connectivity index (χ4v) is 6.09. The molecular formula is C21H32O5. The Morgan fingerprint density at radius 3 is 2.58 bits per heavy atom. The molecule has 146 valence electrons. The number of aliphatic hydroxyl groups excluding tert-OH is 1. The molecule has 0 saturated heterocycles. The summed E-state index contributed by atoms with van der Waals surface area (Å²) in [6, 6.07) is 0. The van der Waals surface area contributed by atoms with E-state index in [0.29, 0.717) is 5.92 Å². The maximum absolute atomic E-state index is 12.6. The summed E-state index contributed by atoms with van der Waals surface area (Å²) in [6.45, 7) is 4.27. The lowest BCUT2D eigenvalue weighted by atomic mass is 9.47. The van der Waals surface area contributed by atoms with Crippen molar-refractivity contribution < 1.29 is 24.2 Å². The van der Waals surface area contributed by atoms with Crippen molar-refractivity contribution in [1.82, 2.24) is 0 Å². The summed E-state index contributed by atoms with van der Waals surface area (Å²) >= 11 is 0. The normalized spacial score (nSPS) is 42.1. The number of carbonyl (C=O) groups excluding carboxylic acids is 2. The number of hydrogen-bond acceptors (Lipinski definition) is 5. The number of aliphatic hydroxyl groups is 1. The molecule has 0 aromatic heterocycles. The first kappa shape index (κ1) is 19.4. The summed E-state index contributed by atoms with van der Waals surface area (Å²) in [5, 5.41) is 10.1. The van der Waals surface area contributed by atoms with Crippen LogP contribution in [0.1, 0.15) is 58.8 Å². The van der Waals surface area contributed by atoms with E-state index in [4.69, 9.17) is 9.47 Å². The Morgan fingerprint density at radius 1 is 1.19 bits per heavy atom. The maximum atomic E-state index is 12.6. The fourth-order valence-electron chi connectivity index (χ4n) is 6.09. The summed E-state index contributed by atoms with van der Waals surface area (Å²) in [4.78, 5) is 24.8. The number of hydrogen-bond donors (Lipinski definition) is 1. The van der Waals surface area contributed by atoms with E-state index < -0.39 is 5.41 Å². The van der Waals surface area contributed by atoms with Crippen molar-refractivity contribution in [2.24, 2.45) is 28.6 Å². The SMILES string of the molecule is COC(=O)C[C@@H]1[C@@H]2CC=C3C[C@H](O)CC[C@@]3(C)[C@@H]2CC[C@]1(C)C(=O)OC.